The van der Waals surface area contributed by atoms with Crippen molar-refractivity contribution < 1.29 is 9.59 Å². The minimum atomic E-state index is -0.156. The van der Waals surface area contributed by atoms with Gasteiger partial charge in [0.05, 0.1) is 6.54 Å². The first kappa shape index (κ1) is 18.2. The molecular formula is C17H26N4O3. The van der Waals surface area contributed by atoms with Crippen LogP contribution in [0.15, 0.2) is 23.1 Å². The topological polar surface area (TPSA) is 65.9 Å². The number of amides is 2. The van der Waals surface area contributed by atoms with Crippen LogP contribution >= 0.6 is 0 Å². The van der Waals surface area contributed by atoms with Crippen molar-refractivity contribution in [1.82, 2.24) is 19.3 Å². The lowest BCUT2D eigenvalue weighted by molar-refractivity contribution is -0.129. The zero-order chi connectivity index (χ0) is 17.7. The van der Waals surface area contributed by atoms with Crippen molar-refractivity contribution >= 4 is 11.8 Å². The second-order valence-electron chi connectivity index (χ2n) is 6.25. The van der Waals surface area contributed by atoms with Gasteiger partial charge < -0.3 is 14.4 Å². The van der Waals surface area contributed by atoms with Crippen LogP contribution in [0.4, 0.5) is 0 Å². The van der Waals surface area contributed by atoms with Gasteiger partial charge in [0, 0.05) is 64.6 Å². The van der Waals surface area contributed by atoms with Gasteiger partial charge in [-0.25, -0.2) is 0 Å². The molecule has 0 aliphatic carbocycles. The molecule has 1 fully saturated rings. The van der Waals surface area contributed by atoms with E-state index in [-0.39, 0.29) is 17.4 Å². The van der Waals surface area contributed by atoms with Gasteiger partial charge in [0.2, 0.25) is 5.91 Å². The Bertz CT molecular complexity index is 653. The van der Waals surface area contributed by atoms with Crippen LogP contribution in [-0.2, 0) is 11.3 Å². The van der Waals surface area contributed by atoms with Crippen molar-refractivity contribution in [2.45, 2.75) is 19.9 Å². The van der Waals surface area contributed by atoms with Crippen molar-refractivity contribution in [3.8, 4) is 0 Å². The molecule has 0 saturated carbocycles. The normalized spacial score (nSPS) is 15.9. The van der Waals surface area contributed by atoms with Gasteiger partial charge in [-0.1, -0.05) is 0 Å². The van der Waals surface area contributed by atoms with E-state index in [1.165, 1.54) is 6.07 Å². The predicted molar refractivity (Wildman–Crippen MR) is 92.0 cm³/mol. The summed E-state index contributed by atoms with van der Waals surface area (Å²) in [6, 6.07) is 3.11. The first-order valence-corrected chi connectivity index (χ1v) is 8.34. The molecule has 1 aromatic rings. The number of likely N-dealkylation sites (N-methyl/N-ethyl adjacent to an activating group) is 1. The molecule has 1 aliphatic heterocycles. The van der Waals surface area contributed by atoms with Crippen molar-refractivity contribution in [2.24, 2.45) is 0 Å². The molecule has 0 radical (unpaired) electrons. The molecule has 1 aromatic heterocycles. The van der Waals surface area contributed by atoms with Gasteiger partial charge in [-0.05, 0) is 19.4 Å². The highest BCUT2D eigenvalue weighted by Gasteiger charge is 2.22. The SMILES string of the molecule is CCn1ccc(C(=O)N2CCCN(CC(=O)N(C)C)CC2)cc1=O. The summed E-state index contributed by atoms with van der Waals surface area (Å²) in [5, 5.41) is 0. The number of pyridine rings is 1. The minimum Gasteiger partial charge on any atom is -0.348 e. The van der Waals surface area contributed by atoms with Crippen LogP contribution < -0.4 is 5.56 Å². The zero-order valence-corrected chi connectivity index (χ0v) is 14.7. The van der Waals surface area contributed by atoms with E-state index in [2.05, 4.69) is 4.90 Å². The Morgan fingerprint density at radius 3 is 2.54 bits per heavy atom. The smallest absolute Gasteiger partial charge is 0.254 e. The van der Waals surface area contributed by atoms with Gasteiger partial charge in [-0.15, -0.1) is 0 Å². The summed E-state index contributed by atoms with van der Waals surface area (Å²) < 4.78 is 1.56. The standard InChI is InChI=1S/C17H26N4O3/c1-4-20-9-6-14(12-15(20)22)17(24)21-8-5-7-19(10-11-21)13-16(23)18(2)3/h6,9,12H,4-5,7-8,10-11,13H2,1-3H3. The summed E-state index contributed by atoms with van der Waals surface area (Å²) in [7, 11) is 3.49. The quantitative estimate of drug-likeness (QED) is 0.784. The Morgan fingerprint density at radius 1 is 1.17 bits per heavy atom. The highest BCUT2D eigenvalue weighted by Crippen LogP contribution is 2.08. The number of nitrogens with zero attached hydrogens (tertiary/aromatic N) is 4. The van der Waals surface area contributed by atoms with Crippen LogP contribution in [0.2, 0.25) is 0 Å². The van der Waals surface area contributed by atoms with E-state index in [0.717, 1.165) is 13.0 Å². The molecule has 24 heavy (non-hydrogen) atoms. The van der Waals surface area contributed by atoms with Crippen molar-refractivity contribution in [1.29, 1.82) is 0 Å². The lowest BCUT2D eigenvalue weighted by Gasteiger charge is -2.22. The fourth-order valence-corrected chi connectivity index (χ4v) is 2.75. The average molecular weight is 334 g/mol. The fraction of sp³-hybridized carbons (Fsp3) is 0.588. The summed E-state index contributed by atoms with van der Waals surface area (Å²) in [6.07, 6.45) is 2.48. The van der Waals surface area contributed by atoms with E-state index in [4.69, 9.17) is 0 Å². The van der Waals surface area contributed by atoms with Gasteiger partial charge in [0.1, 0.15) is 0 Å². The molecule has 0 atom stereocenters. The third-order valence-electron chi connectivity index (χ3n) is 4.32. The Labute approximate surface area is 142 Å². The first-order chi connectivity index (χ1) is 11.4. The number of carbonyl (C=O) groups excluding carboxylic acids is 2. The van der Waals surface area contributed by atoms with Crippen molar-refractivity contribution in [3.63, 3.8) is 0 Å². The molecule has 0 bridgehead atoms. The summed E-state index contributed by atoms with van der Waals surface area (Å²) in [4.78, 5) is 41.8. The Morgan fingerprint density at radius 2 is 1.92 bits per heavy atom. The number of carbonyl (C=O) groups is 2. The largest absolute Gasteiger partial charge is 0.348 e. The highest BCUT2D eigenvalue weighted by molar-refractivity contribution is 5.94. The first-order valence-electron chi connectivity index (χ1n) is 8.34. The van der Waals surface area contributed by atoms with Crippen LogP contribution in [-0.4, -0.2) is 77.9 Å². The molecule has 2 rings (SSSR count). The zero-order valence-electron chi connectivity index (χ0n) is 14.7. The lowest BCUT2D eigenvalue weighted by Crippen LogP contribution is -2.39. The van der Waals surface area contributed by atoms with Gasteiger partial charge in [0.15, 0.2) is 0 Å². The summed E-state index contributed by atoms with van der Waals surface area (Å²) >= 11 is 0. The van der Waals surface area contributed by atoms with Gasteiger partial charge in [0.25, 0.3) is 11.5 Å². The number of aromatic nitrogens is 1. The molecular weight excluding hydrogens is 308 g/mol. The van der Waals surface area contributed by atoms with Crippen LogP contribution in [0.1, 0.15) is 23.7 Å². The summed E-state index contributed by atoms with van der Waals surface area (Å²) in [6.45, 7) is 5.52. The molecule has 132 valence electrons. The number of hydrogen-bond acceptors (Lipinski definition) is 4. The van der Waals surface area contributed by atoms with Gasteiger partial charge in [-0.3, -0.25) is 19.3 Å². The van der Waals surface area contributed by atoms with E-state index in [0.29, 0.717) is 38.3 Å². The molecule has 2 heterocycles. The summed E-state index contributed by atoms with van der Waals surface area (Å²) in [5.41, 5.74) is 0.277. The molecule has 7 nitrogen and oxygen atoms in total. The number of aryl methyl sites for hydroxylation is 1. The van der Waals surface area contributed by atoms with E-state index >= 15 is 0 Å². The second kappa shape index (κ2) is 8.10. The predicted octanol–water partition coefficient (Wildman–Crippen LogP) is 0.104. The fourth-order valence-electron chi connectivity index (χ4n) is 2.75. The van der Waals surface area contributed by atoms with E-state index in [9.17, 15) is 14.4 Å². The molecule has 0 unspecified atom stereocenters. The molecule has 0 aromatic carbocycles. The maximum Gasteiger partial charge on any atom is 0.254 e. The Kier molecular flexibility index (Phi) is 6.14. The molecule has 2 amide bonds. The third kappa shape index (κ3) is 4.44. The monoisotopic (exact) mass is 334 g/mol. The van der Waals surface area contributed by atoms with Crippen molar-refractivity contribution in [3.05, 3.63) is 34.2 Å². The second-order valence-corrected chi connectivity index (χ2v) is 6.25. The van der Waals surface area contributed by atoms with Crippen LogP contribution in [0, 0.1) is 0 Å². The van der Waals surface area contributed by atoms with Gasteiger partial charge in [-0.2, -0.15) is 0 Å². The lowest BCUT2D eigenvalue weighted by atomic mass is 10.2. The Balaban J connectivity index is 2.00. The molecule has 1 aliphatic rings. The maximum absolute atomic E-state index is 12.6. The maximum atomic E-state index is 12.6. The Hall–Kier alpha value is -2.15. The third-order valence-corrected chi connectivity index (χ3v) is 4.32. The van der Waals surface area contributed by atoms with Crippen LogP contribution in [0.3, 0.4) is 0 Å². The molecule has 1 saturated heterocycles. The molecule has 0 N–H and O–H groups in total. The van der Waals surface area contributed by atoms with E-state index in [1.807, 2.05) is 6.92 Å². The molecule has 7 heteroatoms. The number of rotatable bonds is 4. The summed E-state index contributed by atoms with van der Waals surface area (Å²) in [5.74, 6) is -0.0471. The molecule has 0 spiro atoms. The van der Waals surface area contributed by atoms with Crippen LogP contribution in [0.25, 0.3) is 0 Å². The van der Waals surface area contributed by atoms with Crippen LogP contribution in [0.5, 0.6) is 0 Å². The average Bonchev–Trinajstić information content (AvgIpc) is 2.79. The van der Waals surface area contributed by atoms with Crippen molar-refractivity contribution in [2.75, 3.05) is 46.8 Å². The minimum absolute atomic E-state index is 0.0675. The van der Waals surface area contributed by atoms with E-state index in [1.54, 1.807) is 40.7 Å². The number of hydrogen-bond donors (Lipinski definition) is 0. The van der Waals surface area contributed by atoms with E-state index < -0.39 is 0 Å². The van der Waals surface area contributed by atoms with Gasteiger partial charge >= 0.3 is 0 Å². The highest BCUT2D eigenvalue weighted by atomic mass is 16.2.